The molecule has 2 aromatic heterocycles. The number of aryl methyl sites for hydroxylation is 1. The van der Waals surface area contributed by atoms with E-state index < -0.39 is 0 Å². The van der Waals surface area contributed by atoms with E-state index in [9.17, 15) is 9.59 Å². The molecule has 0 radical (unpaired) electrons. The van der Waals surface area contributed by atoms with Gasteiger partial charge in [-0.25, -0.2) is 9.67 Å². The monoisotopic (exact) mass is 353 g/mol. The maximum Gasteiger partial charge on any atom is 0.267 e. The first kappa shape index (κ1) is 17.4. The molecule has 26 heavy (non-hydrogen) atoms. The Balaban J connectivity index is 1.71. The Bertz CT molecular complexity index is 959. The zero-order valence-corrected chi connectivity index (χ0v) is 14.5. The predicted octanol–water partition coefficient (Wildman–Crippen LogP) is 0.969. The third kappa shape index (κ3) is 3.97. The van der Waals surface area contributed by atoms with Gasteiger partial charge in [0, 0.05) is 31.1 Å². The normalized spacial score (nSPS) is 10.5. The third-order valence-corrected chi connectivity index (χ3v) is 3.91. The largest absolute Gasteiger partial charge is 0.497 e. The van der Waals surface area contributed by atoms with Crippen LogP contribution in [-0.4, -0.2) is 32.3 Å². The number of imidazole rings is 1. The minimum absolute atomic E-state index is 0.159. The fourth-order valence-electron chi connectivity index (χ4n) is 2.41. The summed E-state index contributed by atoms with van der Waals surface area (Å²) in [5.41, 5.74) is 1.09. The summed E-state index contributed by atoms with van der Waals surface area (Å²) in [5, 5.41) is 7.02. The summed E-state index contributed by atoms with van der Waals surface area (Å²) < 4.78 is 8.09. The molecule has 134 valence electrons. The van der Waals surface area contributed by atoms with Gasteiger partial charge in [-0.2, -0.15) is 5.10 Å². The van der Waals surface area contributed by atoms with Crippen LogP contribution in [-0.2, 0) is 24.9 Å². The van der Waals surface area contributed by atoms with Crippen LogP contribution >= 0.6 is 0 Å². The lowest BCUT2D eigenvalue weighted by atomic mass is 10.1. The Morgan fingerprint density at radius 1 is 1.19 bits per heavy atom. The standard InChI is InChI=1S/C18H19N5O3/c1-22-10-9-19-16(22)11-20-17(24)12-23-18(25)8-7-15(21-23)13-3-5-14(26-2)6-4-13/h3-10H,11-12H2,1-2H3,(H,20,24). The van der Waals surface area contributed by atoms with Crippen LogP contribution in [0.5, 0.6) is 5.75 Å². The zero-order valence-electron chi connectivity index (χ0n) is 14.5. The van der Waals surface area contributed by atoms with Crippen molar-refractivity contribution in [2.24, 2.45) is 7.05 Å². The van der Waals surface area contributed by atoms with Crippen LogP contribution in [0.3, 0.4) is 0 Å². The van der Waals surface area contributed by atoms with Crippen molar-refractivity contribution in [3.8, 4) is 17.0 Å². The van der Waals surface area contributed by atoms with Gasteiger partial charge in [-0.05, 0) is 30.3 Å². The summed E-state index contributed by atoms with van der Waals surface area (Å²) in [5.74, 6) is 1.15. The van der Waals surface area contributed by atoms with Gasteiger partial charge in [-0.3, -0.25) is 9.59 Å². The molecular weight excluding hydrogens is 334 g/mol. The number of nitrogens with one attached hydrogen (secondary N) is 1. The number of rotatable bonds is 6. The second kappa shape index (κ2) is 7.64. The number of methoxy groups -OCH3 is 1. The summed E-state index contributed by atoms with van der Waals surface area (Å²) >= 11 is 0. The van der Waals surface area contributed by atoms with Gasteiger partial charge in [0.1, 0.15) is 18.1 Å². The van der Waals surface area contributed by atoms with Crippen molar-refractivity contribution in [1.82, 2.24) is 24.6 Å². The van der Waals surface area contributed by atoms with Crippen molar-refractivity contribution in [2.45, 2.75) is 13.1 Å². The number of benzene rings is 1. The highest BCUT2D eigenvalue weighted by atomic mass is 16.5. The quantitative estimate of drug-likeness (QED) is 0.713. The molecule has 0 aliphatic rings. The average molecular weight is 353 g/mol. The molecule has 8 nitrogen and oxygen atoms in total. The first-order valence-electron chi connectivity index (χ1n) is 8.02. The number of amides is 1. The van der Waals surface area contributed by atoms with Gasteiger partial charge < -0.3 is 14.6 Å². The number of hydrogen-bond acceptors (Lipinski definition) is 5. The lowest BCUT2D eigenvalue weighted by molar-refractivity contribution is -0.122. The van der Waals surface area contributed by atoms with Crippen LogP contribution in [0.4, 0.5) is 0 Å². The predicted molar refractivity (Wildman–Crippen MR) is 95.5 cm³/mol. The molecule has 0 fully saturated rings. The van der Waals surface area contributed by atoms with Gasteiger partial charge in [0.15, 0.2) is 0 Å². The van der Waals surface area contributed by atoms with E-state index in [0.717, 1.165) is 21.8 Å². The number of aromatic nitrogens is 4. The Hall–Kier alpha value is -3.42. The summed E-state index contributed by atoms with van der Waals surface area (Å²) in [7, 11) is 3.44. The summed E-state index contributed by atoms with van der Waals surface area (Å²) in [6.45, 7) is 0.127. The SMILES string of the molecule is COc1ccc(-c2ccc(=O)n(CC(=O)NCc3nccn3C)n2)cc1. The second-order valence-corrected chi connectivity index (χ2v) is 5.67. The molecule has 0 bridgehead atoms. The molecule has 0 aliphatic heterocycles. The molecule has 8 heteroatoms. The minimum atomic E-state index is -0.339. The number of nitrogens with zero attached hydrogens (tertiary/aromatic N) is 4. The highest BCUT2D eigenvalue weighted by Gasteiger charge is 2.09. The molecular formula is C18H19N5O3. The molecule has 0 atom stereocenters. The minimum Gasteiger partial charge on any atom is -0.497 e. The summed E-state index contributed by atoms with van der Waals surface area (Å²) in [6.07, 6.45) is 3.46. The van der Waals surface area contributed by atoms with Gasteiger partial charge in [-0.1, -0.05) is 0 Å². The molecule has 0 saturated carbocycles. The third-order valence-electron chi connectivity index (χ3n) is 3.91. The Labute approximate surface area is 150 Å². The van der Waals surface area contributed by atoms with Crippen molar-refractivity contribution in [1.29, 1.82) is 0 Å². The zero-order chi connectivity index (χ0) is 18.5. The van der Waals surface area contributed by atoms with Gasteiger partial charge >= 0.3 is 0 Å². The molecule has 1 aromatic carbocycles. The van der Waals surface area contributed by atoms with Crippen molar-refractivity contribution in [3.05, 3.63) is 65.0 Å². The van der Waals surface area contributed by atoms with Gasteiger partial charge in [-0.15, -0.1) is 0 Å². The lowest BCUT2D eigenvalue weighted by Gasteiger charge is -2.09. The summed E-state index contributed by atoms with van der Waals surface area (Å²) in [4.78, 5) is 28.3. The van der Waals surface area contributed by atoms with Crippen molar-refractivity contribution < 1.29 is 9.53 Å². The first-order chi connectivity index (χ1) is 12.6. The highest BCUT2D eigenvalue weighted by molar-refractivity contribution is 5.75. The first-order valence-corrected chi connectivity index (χ1v) is 8.02. The molecule has 1 N–H and O–H groups in total. The molecule has 2 heterocycles. The van der Waals surface area contributed by atoms with Crippen molar-refractivity contribution >= 4 is 5.91 Å². The number of hydrogen-bond donors (Lipinski definition) is 1. The van der Waals surface area contributed by atoms with Crippen LogP contribution in [0.2, 0.25) is 0 Å². The van der Waals surface area contributed by atoms with Crippen molar-refractivity contribution in [3.63, 3.8) is 0 Å². The fourth-order valence-corrected chi connectivity index (χ4v) is 2.41. The average Bonchev–Trinajstić information content (AvgIpc) is 3.07. The second-order valence-electron chi connectivity index (χ2n) is 5.67. The topological polar surface area (TPSA) is 91.0 Å². The number of carbonyl (C=O) groups excluding carboxylic acids is 1. The van der Waals surface area contributed by atoms with Crippen LogP contribution < -0.4 is 15.6 Å². The Morgan fingerprint density at radius 3 is 2.62 bits per heavy atom. The Morgan fingerprint density at radius 2 is 1.96 bits per heavy atom. The van der Waals surface area contributed by atoms with E-state index >= 15 is 0 Å². The van der Waals surface area contributed by atoms with E-state index in [0.29, 0.717) is 5.69 Å². The van der Waals surface area contributed by atoms with Crippen LogP contribution in [0, 0.1) is 0 Å². The van der Waals surface area contributed by atoms with E-state index in [2.05, 4.69) is 15.4 Å². The van der Waals surface area contributed by atoms with Gasteiger partial charge in [0.25, 0.3) is 5.56 Å². The van der Waals surface area contributed by atoms with Gasteiger partial charge in [0.2, 0.25) is 5.91 Å². The smallest absolute Gasteiger partial charge is 0.267 e. The van der Waals surface area contributed by atoms with E-state index in [1.54, 1.807) is 25.6 Å². The molecule has 0 saturated heterocycles. The Kier molecular flexibility index (Phi) is 5.12. The van der Waals surface area contributed by atoms with Crippen molar-refractivity contribution in [2.75, 3.05) is 7.11 Å². The molecule has 0 aliphatic carbocycles. The molecule has 0 spiro atoms. The fraction of sp³-hybridized carbons (Fsp3) is 0.222. The van der Waals surface area contributed by atoms with E-state index in [4.69, 9.17) is 4.74 Å². The van der Waals surface area contributed by atoms with Crippen LogP contribution in [0.1, 0.15) is 5.82 Å². The van der Waals surface area contributed by atoms with E-state index in [1.165, 1.54) is 6.07 Å². The molecule has 3 rings (SSSR count). The van der Waals surface area contributed by atoms with E-state index in [-0.39, 0.29) is 24.6 Å². The molecule has 0 unspecified atom stereocenters. The van der Waals surface area contributed by atoms with Gasteiger partial charge in [0.05, 0.1) is 19.3 Å². The maximum atomic E-state index is 12.1. The summed E-state index contributed by atoms with van der Waals surface area (Å²) in [6, 6.07) is 10.3. The maximum absolute atomic E-state index is 12.1. The highest BCUT2D eigenvalue weighted by Crippen LogP contribution is 2.19. The lowest BCUT2D eigenvalue weighted by Crippen LogP contribution is -2.33. The number of ether oxygens (including phenoxy) is 1. The van der Waals surface area contributed by atoms with E-state index in [1.807, 2.05) is 35.9 Å². The van der Waals surface area contributed by atoms with Crippen LogP contribution in [0.15, 0.2) is 53.6 Å². The molecule has 1 amide bonds. The number of carbonyl (C=O) groups is 1. The van der Waals surface area contributed by atoms with Crippen LogP contribution in [0.25, 0.3) is 11.3 Å². The molecule has 3 aromatic rings.